The summed E-state index contributed by atoms with van der Waals surface area (Å²) in [6.07, 6.45) is 1.17. The van der Waals surface area contributed by atoms with Gasteiger partial charge in [0.05, 0.1) is 6.10 Å². The molecule has 0 saturated heterocycles. The van der Waals surface area contributed by atoms with Gasteiger partial charge in [-0.05, 0) is 12.3 Å². The Morgan fingerprint density at radius 1 is 1.67 bits per heavy atom. The summed E-state index contributed by atoms with van der Waals surface area (Å²) < 4.78 is 4.65. The molecule has 0 fully saturated rings. The first kappa shape index (κ1) is 11.2. The SMILES string of the molecule is C=CC(=O)OCC(O)CC(C)C. The molecule has 0 spiro atoms. The van der Waals surface area contributed by atoms with Crippen molar-refractivity contribution in [2.75, 3.05) is 6.61 Å². The Morgan fingerprint density at radius 2 is 2.25 bits per heavy atom. The normalized spacial score (nSPS) is 12.7. The summed E-state index contributed by atoms with van der Waals surface area (Å²) >= 11 is 0. The Balaban J connectivity index is 3.49. The number of carbonyl (C=O) groups is 1. The third kappa shape index (κ3) is 5.92. The third-order valence-electron chi connectivity index (χ3n) is 1.33. The van der Waals surface area contributed by atoms with Crippen LogP contribution in [-0.2, 0) is 9.53 Å². The highest BCUT2D eigenvalue weighted by molar-refractivity contribution is 5.81. The van der Waals surface area contributed by atoms with E-state index in [9.17, 15) is 9.90 Å². The number of aliphatic hydroxyl groups is 1. The molecule has 0 aliphatic heterocycles. The van der Waals surface area contributed by atoms with Crippen LogP contribution in [0.2, 0.25) is 0 Å². The average molecular weight is 172 g/mol. The van der Waals surface area contributed by atoms with Crippen LogP contribution in [0.15, 0.2) is 12.7 Å². The Bertz CT molecular complexity index is 152. The molecule has 1 unspecified atom stereocenters. The second-order valence-corrected chi connectivity index (χ2v) is 3.12. The first-order chi connectivity index (χ1) is 5.56. The predicted octanol–water partition coefficient (Wildman–Crippen LogP) is 1.12. The van der Waals surface area contributed by atoms with Gasteiger partial charge in [0.2, 0.25) is 0 Å². The fourth-order valence-electron chi connectivity index (χ4n) is 0.849. The van der Waals surface area contributed by atoms with Crippen LogP contribution in [-0.4, -0.2) is 23.8 Å². The van der Waals surface area contributed by atoms with Crippen LogP contribution in [0, 0.1) is 5.92 Å². The standard InChI is InChI=1S/C9H16O3/c1-4-9(11)12-6-8(10)5-7(2)3/h4,7-8,10H,1,5-6H2,2-3H3. The molecule has 0 bridgehead atoms. The molecular weight excluding hydrogens is 156 g/mol. The van der Waals surface area contributed by atoms with E-state index in [2.05, 4.69) is 11.3 Å². The van der Waals surface area contributed by atoms with Crippen molar-refractivity contribution in [2.45, 2.75) is 26.4 Å². The van der Waals surface area contributed by atoms with Crippen LogP contribution in [0.25, 0.3) is 0 Å². The van der Waals surface area contributed by atoms with Gasteiger partial charge < -0.3 is 9.84 Å². The van der Waals surface area contributed by atoms with Crippen molar-refractivity contribution >= 4 is 5.97 Å². The summed E-state index contributed by atoms with van der Waals surface area (Å²) in [6.45, 7) is 7.30. The van der Waals surface area contributed by atoms with E-state index in [-0.39, 0.29) is 6.61 Å². The van der Waals surface area contributed by atoms with Gasteiger partial charge in [0.25, 0.3) is 0 Å². The fraction of sp³-hybridized carbons (Fsp3) is 0.667. The Kier molecular flexibility index (Phi) is 5.37. The minimum atomic E-state index is -0.561. The highest BCUT2D eigenvalue weighted by Gasteiger charge is 2.08. The lowest BCUT2D eigenvalue weighted by Crippen LogP contribution is -2.19. The van der Waals surface area contributed by atoms with E-state index in [1.54, 1.807) is 0 Å². The van der Waals surface area contributed by atoms with Crippen molar-refractivity contribution in [1.82, 2.24) is 0 Å². The van der Waals surface area contributed by atoms with E-state index in [0.717, 1.165) is 6.08 Å². The highest BCUT2D eigenvalue weighted by atomic mass is 16.5. The number of esters is 1. The molecule has 0 radical (unpaired) electrons. The Hall–Kier alpha value is -0.830. The number of carbonyl (C=O) groups excluding carboxylic acids is 1. The van der Waals surface area contributed by atoms with E-state index in [1.165, 1.54) is 0 Å². The van der Waals surface area contributed by atoms with Crippen LogP contribution in [0.1, 0.15) is 20.3 Å². The van der Waals surface area contributed by atoms with Gasteiger partial charge in [-0.1, -0.05) is 20.4 Å². The second kappa shape index (κ2) is 5.77. The monoisotopic (exact) mass is 172 g/mol. The van der Waals surface area contributed by atoms with Crippen molar-refractivity contribution in [2.24, 2.45) is 5.92 Å². The van der Waals surface area contributed by atoms with E-state index in [1.807, 2.05) is 13.8 Å². The molecule has 1 N–H and O–H groups in total. The molecule has 70 valence electrons. The van der Waals surface area contributed by atoms with Gasteiger partial charge in [-0.15, -0.1) is 0 Å². The van der Waals surface area contributed by atoms with Crippen LogP contribution in [0.3, 0.4) is 0 Å². The van der Waals surface area contributed by atoms with E-state index in [4.69, 9.17) is 0 Å². The molecule has 3 nitrogen and oxygen atoms in total. The lowest BCUT2D eigenvalue weighted by Gasteiger charge is -2.12. The smallest absolute Gasteiger partial charge is 0.330 e. The molecule has 0 aliphatic rings. The molecule has 0 heterocycles. The predicted molar refractivity (Wildman–Crippen MR) is 46.6 cm³/mol. The zero-order valence-corrected chi connectivity index (χ0v) is 7.62. The molecule has 1 atom stereocenters. The van der Waals surface area contributed by atoms with E-state index >= 15 is 0 Å². The molecule has 3 heteroatoms. The summed E-state index contributed by atoms with van der Waals surface area (Å²) in [6, 6.07) is 0. The summed E-state index contributed by atoms with van der Waals surface area (Å²) in [4.78, 5) is 10.6. The van der Waals surface area contributed by atoms with Crippen LogP contribution in [0.5, 0.6) is 0 Å². The van der Waals surface area contributed by atoms with Gasteiger partial charge in [-0.2, -0.15) is 0 Å². The van der Waals surface area contributed by atoms with Crippen LogP contribution in [0.4, 0.5) is 0 Å². The van der Waals surface area contributed by atoms with Crippen molar-refractivity contribution in [1.29, 1.82) is 0 Å². The second-order valence-electron chi connectivity index (χ2n) is 3.12. The van der Waals surface area contributed by atoms with E-state index in [0.29, 0.717) is 12.3 Å². The largest absolute Gasteiger partial charge is 0.460 e. The van der Waals surface area contributed by atoms with Crippen molar-refractivity contribution in [3.63, 3.8) is 0 Å². The fourth-order valence-corrected chi connectivity index (χ4v) is 0.849. The van der Waals surface area contributed by atoms with Crippen molar-refractivity contribution in [3.05, 3.63) is 12.7 Å². The van der Waals surface area contributed by atoms with Gasteiger partial charge >= 0.3 is 5.97 Å². The summed E-state index contributed by atoms with van der Waals surface area (Å²) in [5, 5.41) is 9.25. The number of aliphatic hydroxyl groups excluding tert-OH is 1. The number of hydrogen-bond donors (Lipinski definition) is 1. The zero-order chi connectivity index (χ0) is 9.56. The quantitative estimate of drug-likeness (QED) is 0.499. The van der Waals surface area contributed by atoms with E-state index < -0.39 is 12.1 Å². The minimum Gasteiger partial charge on any atom is -0.460 e. The van der Waals surface area contributed by atoms with Crippen molar-refractivity contribution < 1.29 is 14.6 Å². The molecule has 0 aliphatic carbocycles. The maximum absolute atomic E-state index is 10.6. The average Bonchev–Trinajstić information content (AvgIpc) is 1.99. The summed E-state index contributed by atoms with van der Waals surface area (Å²) in [7, 11) is 0. The lowest BCUT2D eigenvalue weighted by atomic mass is 10.1. The van der Waals surface area contributed by atoms with Gasteiger partial charge in [-0.25, -0.2) is 4.79 Å². The highest BCUT2D eigenvalue weighted by Crippen LogP contribution is 2.04. The van der Waals surface area contributed by atoms with Crippen LogP contribution >= 0.6 is 0 Å². The van der Waals surface area contributed by atoms with Crippen LogP contribution < -0.4 is 0 Å². The minimum absolute atomic E-state index is 0.0586. The zero-order valence-electron chi connectivity index (χ0n) is 7.62. The Labute approximate surface area is 73.0 Å². The summed E-state index contributed by atoms with van der Waals surface area (Å²) in [5.74, 6) is -0.0831. The maximum atomic E-state index is 10.6. The van der Waals surface area contributed by atoms with Crippen molar-refractivity contribution in [3.8, 4) is 0 Å². The third-order valence-corrected chi connectivity index (χ3v) is 1.33. The molecule has 0 amide bonds. The number of hydrogen-bond acceptors (Lipinski definition) is 3. The number of rotatable bonds is 5. The molecule has 0 rings (SSSR count). The molecule has 12 heavy (non-hydrogen) atoms. The molecule has 0 saturated carbocycles. The topological polar surface area (TPSA) is 46.5 Å². The first-order valence-corrected chi connectivity index (χ1v) is 4.03. The molecule has 0 aromatic heterocycles. The molecular formula is C9H16O3. The van der Waals surface area contributed by atoms with Gasteiger partial charge in [-0.3, -0.25) is 0 Å². The molecule has 0 aromatic rings. The summed E-state index contributed by atoms with van der Waals surface area (Å²) in [5.41, 5.74) is 0. The van der Waals surface area contributed by atoms with Gasteiger partial charge in [0, 0.05) is 6.08 Å². The van der Waals surface area contributed by atoms with Gasteiger partial charge in [0.1, 0.15) is 6.61 Å². The first-order valence-electron chi connectivity index (χ1n) is 4.03. The number of ether oxygens (including phenoxy) is 1. The Morgan fingerprint density at radius 3 is 2.67 bits per heavy atom. The molecule has 0 aromatic carbocycles. The lowest BCUT2D eigenvalue weighted by molar-refractivity contribution is -0.140. The maximum Gasteiger partial charge on any atom is 0.330 e. The van der Waals surface area contributed by atoms with Gasteiger partial charge in [0.15, 0.2) is 0 Å².